The van der Waals surface area contributed by atoms with Crippen LogP contribution in [0, 0.1) is 5.82 Å². The van der Waals surface area contributed by atoms with Gasteiger partial charge in [0.25, 0.3) is 5.56 Å². The van der Waals surface area contributed by atoms with E-state index in [1.165, 1.54) is 21.2 Å². The smallest absolute Gasteiger partial charge is 0.276 e. The average Bonchev–Trinajstić information content (AvgIpc) is 2.99. The highest BCUT2D eigenvalue weighted by molar-refractivity contribution is 5.75. The van der Waals surface area contributed by atoms with Crippen LogP contribution in [-0.2, 0) is 11.3 Å². The Morgan fingerprint density at radius 1 is 1.26 bits per heavy atom. The third-order valence-corrected chi connectivity index (χ3v) is 3.60. The van der Waals surface area contributed by atoms with Crippen LogP contribution < -0.4 is 10.9 Å². The summed E-state index contributed by atoms with van der Waals surface area (Å²) in [5.41, 5.74) is 1.50. The summed E-state index contributed by atoms with van der Waals surface area (Å²) in [6, 6.07) is 7.58. The number of halogens is 1. The lowest BCUT2D eigenvalue weighted by Crippen LogP contribution is -2.25. The maximum Gasteiger partial charge on any atom is 0.276 e. The van der Waals surface area contributed by atoms with Gasteiger partial charge in [-0.05, 0) is 30.3 Å². The highest BCUT2D eigenvalue weighted by atomic mass is 19.1. The van der Waals surface area contributed by atoms with Gasteiger partial charge in [-0.3, -0.25) is 9.59 Å². The van der Waals surface area contributed by atoms with Crippen molar-refractivity contribution in [1.29, 1.82) is 0 Å². The molecule has 2 heterocycles. The molecule has 0 aliphatic carbocycles. The maximum absolute atomic E-state index is 13.0. The van der Waals surface area contributed by atoms with Crippen molar-refractivity contribution in [3.8, 4) is 11.3 Å². The van der Waals surface area contributed by atoms with Crippen LogP contribution >= 0.6 is 0 Å². The van der Waals surface area contributed by atoms with E-state index in [0.29, 0.717) is 17.8 Å². The Morgan fingerprint density at radius 2 is 2.00 bits per heavy atom. The number of nitrogens with zero attached hydrogens (tertiary/aromatic N) is 3. The van der Waals surface area contributed by atoms with E-state index in [9.17, 15) is 14.0 Å². The fraction of sp³-hybridized carbons (Fsp3) is 0.188. The molecule has 0 saturated carbocycles. The molecule has 2 aromatic heterocycles. The van der Waals surface area contributed by atoms with Crippen molar-refractivity contribution in [2.24, 2.45) is 0 Å². The molecule has 1 aromatic carbocycles. The van der Waals surface area contributed by atoms with E-state index >= 15 is 0 Å². The number of aromatic nitrogens is 3. The molecular formula is C16H15FN4O2. The number of benzene rings is 1. The van der Waals surface area contributed by atoms with Gasteiger partial charge in [-0.1, -0.05) is 0 Å². The number of hydrogen-bond donors (Lipinski definition) is 1. The Morgan fingerprint density at radius 3 is 2.70 bits per heavy atom. The molecule has 1 amide bonds. The zero-order valence-electron chi connectivity index (χ0n) is 12.5. The summed E-state index contributed by atoms with van der Waals surface area (Å²) in [7, 11) is 1.56. The van der Waals surface area contributed by atoms with Gasteiger partial charge in [0.2, 0.25) is 5.91 Å². The predicted octanol–water partition coefficient (Wildman–Crippen LogP) is 1.44. The Kier molecular flexibility index (Phi) is 3.92. The number of fused-ring (bicyclic) bond motifs is 1. The molecule has 0 spiro atoms. The third kappa shape index (κ3) is 2.98. The zero-order valence-corrected chi connectivity index (χ0v) is 12.5. The van der Waals surface area contributed by atoms with Crippen LogP contribution in [0.4, 0.5) is 4.39 Å². The van der Waals surface area contributed by atoms with E-state index in [2.05, 4.69) is 10.4 Å². The number of aryl methyl sites for hydroxylation is 1. The lowest BCUT2D eigenvalue weighted by atomic mass is 10.1. The predicted molar refractivity (Wildman–Crippen MR) is 83.5 cm³/mol. The minimum Gasteiger partial charge on any atom is -0.359 e. The van der Waals surface area contributed by atoms with E-state index in [1.807, 2.05) is 0 Å². The SMILES string of the molecule is CNC(=O)CCn1ccn2nc(-c3ccc(F)cc3)cc2c1=O. The van der Waals surface area contributed by atoms with Crippen molar-refractivity contribution < 1.29 is 9.18 Å². The molecule has 0 aliphatic heterocycles. The average molecular weight is 314 g/mol. The Hall–Kier alpha value is -2.96. The second-order valence-electron chi connectivity index (χ2n) is 5.09. The highest BCUT2D eigenvalue weighted by Crippen LogP contribution is 2.18. The zero-order chi connectivity index (χ0) is 16.4. The molecule has 23 heavy (non-hydrogen) atoms. The standard InChI is InChI=1S/C16H15FN4O2/c1-18-15(22)6-7-20-8-9-21-14(16(20)23)10-13(19-21)11-2-4-12(17)5-3-11/h2-5,8-10H,6-7H2,1H3,(H,18,22). The van der Waals surface area contributed by atoms with Crippen LogP contribution in [0.5, 0.6) is 0 Å². The second kappa shape index (κ2) is 6.04. The maximum atomic E-state index is 13.0. The summed E-state index contributed by atoms with van der Waals surface area (Å²) in [5.74, 6) is -0.452. The van der Waals surface area contributed by atoms with Gasteiger partial charge < -0.3 is 9.88 Å². The molecule has 1 N–H and O–H groups in total. The van der Waals surface area contributed by atoms with Gasteiger partial charge in [0, 0.05) is 38.0 Å². The first-order valence-electron chi connectivity index (χ1n) is 7.14. The third-order valence-electron chi connectivity index (χ3n) is 3.60. The van der Waals surface area contributed by atoms with Gasteiger partial charge in [0.15, 0.2) is 0 Å². The fourth-order valence-corrected chi connectivity index (χ4v) is 2.31. The van der Waals surface area contributed by atoms with Crippen molar-refractivity contribution in [2.45, 2.75) is 13.0 Å². The second-order valence-corrected chi connectivity index (χ2v) is 5.09. The van der Waals surface area contributed by atoms with Crippen molar-refractivity contribution in [1.82, 2.24) is 19.5 Å². The molecular weight excluding hydrogens is 299 g/mol. The molecule has 0 saturated heterocycles. The van der Waals surface area contributed by atoms with Gasteiger partial charge in [-0.2, -0.15) is 5.10 Å². The monoisotopic (exact) mass is 314 g/mol. The van der Waals surface area contributed by atoms with Crippen LogP contribution in [0.15, 0.2) is 47.5 Å². The number of carbonyl (C=O) groups excluding carboxylic acids is 1. The minimum absolute atomic E-state index is 0.128. The molecule has 3 rings (SSSR count). The normalized spacial score (nSPS) is 10.9. The summed E-state index contributed by atoms with van der Waals surface area (Å²) in [6.45, 7) is 0.298. The van der Waals surface area contributed by atoms with Crippen molar-refractivity contribution in [2.75, 3.05) is 7.05 Å². The highest BCUT2D eigenvalue weighted by Gasteiger charge is 2.10. The van der Waals surface area contributed by atoms with Crippen LogP contribution in [0.3, 0.4) is 0 Å². The Bertz CT molecular complexity index is 912. The lowest BCUT2D eigenvalue weighted by Gasteiger charge is -2.04. The molecule has 118 valence electrons. The van der Waals surface area contributed by atoms with E-state index < -0.39 is 0 Å². The number of carbonyl (C=O) groups is 1. The summed E-state index contributed by atoms with van der Waals surface area (Å²) in [5, 5.41) is 6.85. The summed E-state index contributed by atoms with van der Waals surface area (Å²) >= 11 is 0. The molecule has 0 unspecified atom stereocenters. The van der Waals surface area contributed by atoms with Crippen LogP contribution in [0.1, 0.15) is 6.42 Å². The molecule has 7 heteroatoms. The quantitative estimate of drug-likeness (QED) is 0.792. The first-order valence-corrected chi connectivity index (χ1v) is 7.14. The van der Waals surface area contributed by atoms with Crippen molar-refractivity contribution in [3.05, 3.63) is 58.9 Å². The Balaban J connectivity index is 1.97. The molecule has 0 fully saturated rings. The van der Waals surface area contributed by atoms with E-state index in [4.69, 9.17) is 0 Å². The van der Waals surface area contributed by atoms with E-state index in [0.717, 1.165) is 5.56 Å². The van der Waals surface area contributed by atoms with Crippen LogP contribution in [0.25, 0.3) is 16.8 Å². The van der Waals surface area contributed by atoms with Gasteiger partial charge in [0.1, 0.15) is 11.3 Å². The van der Waals surface area contributed by atoms with E-state index in [-0.39, 0.29) is 23.7 Å². The van der Waals surface area contributed by atoms with E-state index in [1.54, 1.807) is 37.6 Å². The van der Waals surface area contributed by atoms with Gasteiger partial charge in [0.05, 0.1) is 5.69 Å². The minimum atomic E-state index is -0.325. The van der Waals surface area contributed by atoms with Crippen LogP contribution in [-0.4, -0.2) is 27.1 Å². The summed E-state index contributed by atoms with van der Waals surface area (Å²) < 4.78 is 15.9. The fourth-order valence-electron chi connectivity index (χ4n) is 2.31. The topological polar surface area (TPSA) is 68.4 Å². The van der Waals surface area contributed by atoms with Gasteiger partial charge in [-0.25, -0.2) is 8.91 Å². The van der Waals surface area contributed by atoms with Crippen molar-refractivity contribution >= 4 is 11.4 Å². The molecule has 0 atom stereocenters. The first kappa shape index (κ1) is 15.0. The molecule has 0 aliphatic rings. The molecule has 6 nitrogen and oxygen atoms in total. The molecule has 0 bridgehead atoms. The number of hydrogen-bond acceptors (Lipinski definition) is 3. The van der Waals surface area contributed by atoms with Gasteiger partial charge in [-0.15, -0.1) is 0 Å². The molecule has 0 radical (unpaired) electrons. The number of nitrogens with one attached hydrogen (secondary N) is 1. The lowest BCUT2D eigenvalue weighted by molar-refractivity contribution is -0.120. The largest absolute Gasteiger partial charge is 0.359 e. The molecule has 3 aromatic rings. The van der Waals surface area contributed by atoms with Gasteiger partial charge >= 0.3 is 0 Å². The first-order chi connectivity index (χ1) is 11.1. The number of rotatable bonds is 4. The number of amides is 1. The van der Waals surface area contributed by atoms with Crippen molar-refractivity contribution in [3.63, 3.8) is 0 Å². The Labute approximate surface area is 131 Å². The summed E-state index contributed by atoms with van der Waals surface area (Å²) in [6.07, 6.45) is 3.48. The summed E-state index contributed by atoms with van der Waals surface area (Å²) in [4.78, 5) is 23.7. The van der Waals surface area contributed by atoms with Crippen LogP contribution in [0.2, 0.25) is 0 Å².